The van der Waals surface area contributed by atoms with Gasteiger partial charge in [0.2, 0.25) is 0 Å². The highest BCUT2D eigenvalue weighted by Gasteiger charge is 2.07. The Kier molecular flexibility index (Phi) is 6.61. The van der Waals surface area contributed by atoms with Crippen LogP contribution in [-0.4, -0.2) is 26.3 Å². The summed E-state index contributed by atoms with van der Waals surface area (Å²) in [5.41, 5.74) is 1.89. The first-order valence-electron chi connectivity index (χ1n) is 8.11. The lowest BCUT2D eigenvalue weighted by molar-refractivity contribution is 0.306. The second-order valence-electron chi connectivity index (χ2n) is 5.71. The number of nitrogens with one attached hydrogen (secondary N) is 1. The Balaban J connectivity index is 1.83. The Morgan fingerprint density at radius 3 is 2.42 bits per heavy atom. The fourth-order valence-electron chi connectivity index (χ4n) is 2.15. The van der Waals surface area contributed by atoms with Crippen molar-refractivity contribution < 1.29 is 13.2 Å². The van der Waals surface area contributed by atoms with Gasteiger partial charge in [-0.3, -0.25) is 0 Å². The summed E-state index contributed by atoms with van der Waals surface area (Å²) in [6.45, 7) is 3.56. The van der Waals surface area contributed by atoms with Crippen LogP contribution in [0.4, 0.5) is 5.69 Å². The molecule has 0 fully saturated rings. The minimum absolute atomic E-state index is 0.0811. The average molecular weight is 348 g/mol. The number of sulfone groups is 1. The first-order chi connectivity index (χ1) is 11.5. The van der Waals surface area contributed by atoms with Gasteiger partial charge in [-0.1, -0.05) is 31.9 Å². The van der Waals surface area contributed by atoms with Gasteiger partial charge in [0, 0.05) is 12.8 Å². The molecule has 2 aromatic rings. The average Bonchev–Trinajstić information content (AvgIpc) is 2.57. The third-order valence-corrected chi connectivity index (χ3v) is 4.55. The zero-order valence-corrected chi connectivity index (χ0v) is 15.0. The van der Waals surface area contributed by atoms with E-state index in [0.717, 1.165) is 36.3 Å². The predicted molar refractivity (Wildman–Crippen MR) is 96.1 cm³/mol. The molecule has 1 aromatic carbocycles. The van der Waals surface area contributed by atoms with Crippen LogP contribution in [0, 0.1) is 0 Å². The minimum atomic E-state index is -3.26. The predicted octanol–water partition coefficient (Wildman–Crippen LogP) is 3.67. The monoisotopic (exact) mass is 348 g/mol. The lowest BCUT2D eigenvalue weighted by Gasteiger charge is -2.09. The maximum atomic E-state index is 11.4. The lowest BCUT2D eigenvalue weighted by Crippen LogP contribution is -2.03. The van der Waals surface area contributed by atoms with Crippen LogP contribution in [0.2, 0.25) is 0 Å². The Morgan fingerprint density at radius 2 is 1.83 bits per heavy atom. The third-order valence-electron chi connectivity index (χ3n) is 3.55. The van der Waals surface area contributed by atoms with Crippen molar-refractivity contribution in [1.82, 2.24) is 4.98 Å². The highest BCUT2D eigenvalue weighted by Crippen LogP contribution is 2.15. The van der Waals surface area contributed by atoms with Gasteiger partial charge in [-0.2, -0.15) is 0 Å². The van der Waals surface area contributed by atoms with Crippen molar-refractivity contribution >= 4 is 15.5 Å². The zero-order valence-electron chi connectivity index (χ0n) is 14.2. The van der Waals surface area contributed by atoms with Gasteiger partial charge >= 0.3 is 0 Å². The molecule has 0 aliphatic carbocycles. The molecule has 0 amide bonds. The summed E-state index contributed by atoms with van der Waals surface area (Å²) in [4.78, 5) is 3.95. The lowest BCUT2D eigenvalue weighted by atomic mass is 10.2. The van der Waals surface area contributed by atoms with Crippen LogP contribution in [0.25, 0.3) is 0 Å². The summed E-state index contributed by atoms with van der Waals surface area (Å²) in [5.74, 6) is 0.883. The van der Waals surface area contributed by atoms with Crippen molar-refractivity contribution in [3.05, 3.63) is 48.2 Å². The molecule has 24 heavy (non-hydrogen) atoms. The summed E-state index contributed by atoms with van der Waals surface area (Å²) in [5, 5.41) is 3.30. The maximum Gasteiger partial charge on any atom is 0.192 e. The molecule has 0 spiro atoms. The Hall–Kier alpha value is -2.08. The second kappa shape index (κ2) is 8.68. The van der Waals surface area contributed by atoms with Gasteiger partial charge in [0.1, 0.15) is 5.75 Å². The van der Waals surface area contributed by atoms with Crippen LogP contribution in [0.15, 0.2) is 47.6 Å². The number of unbranched alkanes of at least 4 members (excludes halogenated alkanes) is 2. The molecule has 6 heteroatoms. The SMILES string of the molecule is CCCCCOc1ccc(CNc2ccc(S(C)(=O)=O)nc2)cc1. The zero-order chi connectivity index (χ0) is 17.4. The van der Waals surface area contributed by atoms with Crippen molar-refractivity contribution in [2.75, 3.05) is 18.2 Å². The highest BCUT2D eigenvalue weighted by atomic mass is 32.2. The Bertz CT molecular complexity index is 726. The molecule has 0 aliphatic rings. The number of nitrogens with zero attached hydrogens (tertiary/aromatic N) is 1. The van der Waals surface area contributed by atoms with Gasteiger partial charge < -0.3 is 10.1 Å². The van der Waals surface area contributed by atoms with Crippen molar-refractivity contribution in [2.24, 2.45) is 0 Å². The van der Waals surface area contributed by atoms with E-state index in [-0.39, 0.29) is 5.03 Å². The summed E-state index contributed by atoms with van der Waals surface area (Å²) in [6, 6.07) is 11.2. The van der Waals surface area contributed by atoms with Crippen LogP contribution in [0.3, 0.4) is 0 Å². The van der Waals surface area contributed by atoms with Crippen LogP contribution < -0.4 is 10.1 Å². The molecular weight excluding hydrogens is 324 g/mol. The van der Waals surface area contributed by atoms with Crippen molar-refractivity contribution in [3.8, 4) is 5.75 Å². The minimum Gasteiger partial charge on any atom is -0.494 e. The standard InChI is InChI=1S/C18H24N2O3S/c1-3-4-5-12-23-17-9-6-15(7-10-17)13-19-16-8-11-18(20-14-16)24(2,21)22/h6-11,14,19H,3-5,12-13H2,1-2H3. The molecule has 0 radical (unpaired) electrons. The molecule has 0 bridgehead atoms. The number of pyridine rings is 1. The van der Waals surface area contributed by atoms with Gasteiger partial charge in [0.25, 0.3) is 0 Å². The van der Waals surface area contributed by atoms with Gasteiger partial charge in [0.15, 0.2) is 14.9 Å². The summed E-state index contributed by atoms with van der Waals surface area (Å²) >= 11 is 0. The van der Waals surface area contributed by atoms with Gasteiger partial charge in [0.05, 0.1) is 18.5 Å². The second-order valence-corrected chi connectivity index (χ2v) is 7.67. The van der Waals surface area contributed by atoms with Crippen molar-refractivity contribution in [2.45, 2.75) is 37.8 Å². The number of hydrogen-bond donors (Lipinski definition) is 1. The first kappa shape index (κ1) is 18.3. The van der Waals surface area contributed by atoms with Gasteiger partial charge in [-0.15, -0.1) is 0 Å². The molecule has 130 valence electrons. The van der Waals surface area contributed by atoms with Crippen LogP contribution in [0.1, 0.15) is 31.7 Å². The number of hydrogen-bond acceptors (Lipinski definition) is 5. The van der Waals surface area contributed by atoms with Gasteiger partial charge in [-0.05, 0) is 36.2 Å². The largest absolute Gasteiger partial charge is 0.494 e. The van der Waals surface area contributed by atoms with Crippen molar-refractivity contribution in [3.63, 3.8) is 0 Å². The molecule has 0 unspecified atom stereocenters. The van der Waals surface area contributed by atoms with E-state index in [4.69, 9.17) is 4.74 Å². The molecule has 0 aliphatic heterocycles. The maximum absolute atomic E-state index is 11.4. The van der Waals surface area contributed by atoms with E-state index in [2.05, 4.69) is 17.2 Å². The topological polar surface area (TPSA) is 68.3 Å². The van der Waals surface area contributed by atoms with E-state index in [1.54, 1.807) is 6.07 Å². The first-order valence-corrected chi connectivity index (χ1v) is 10.00. The third kappa shape index (κ3) is 5.85. The van der Waals surface area contributed by atoms with Crippen LogP contribution in [-0.2, 0) is 16.4 Å². The molecular formula is C18H24N2O3S. The summed E-state index contributed by atoms with van der Waals surface area (Å²) < 4.78 is 28.4. The fourth-order valence-corrected chi connectivity index (χ4v) is 2.71. The van der Waals surface area contributed by atoms with E-state index >= 15 is 0 Å². The molecule has 0 atom stereocenters. The van der Waals surface area contributed by atoms with Crippen LogP contribution >= 0.6 is 0 Å². The smallest absolute Gasteiger partial charge is 0.192 e. The van der Waals surface area contributed by atoms with E-state index in [1.165, 1.54) is 25.1 Å². The molecule has 1 heterocycles. The quantitative estimate of drug-likeness (QED) is 0.700. The van der Waals surface area contributed by atoms with Crippen molar-refractivity contribution in [1.29, 1.82) is 0 Å². The summed E-state index contributed by atoms with van der Waals surface area (Å²) in [7, 11) is -3.26. The normalized spacial score (nSPS) is 11.2. The fraction of sp³-hybridized carbons (Fsp3) is 0.389. The Labute approximate surface area is 144 Å². The molecule has 2 rings (SSSR count). The van der Waals surface area contributed by atoms with E-state index < -0.39 is 9.84 Å². The van der Waals surface area contributed by atoms with E-state index in [1.807, 2.05) is 24.3 Å². The Morgan fingerprint density at radius 1 is 1.08 bits per heavy atom. The number of rotatable bonds is 9. The number of aromatic nitrogens is 1. The molecule has 0 saturated carbocycles. The molecule has 1 N–H and O–H groups in total. The van der Waals surface area contributed by atoms with E-state index in [9.17, 15) is 8.42 Å². The van der Waals surface area contributed by atoms with Crippen LogP contribution in [0.5, 0.6) is 5.75 Å². The molecule has 0 saturated heterocycles. The number of ether oxygens (including phenoxy) is 1. The highest BCUT2D eigenvalue weighted by molar-refractivity contribution is 7.90. The number of anilines is 1. The van der Waals surface area contributed by atoms with Gasteiger partial charge in [-0.25, -0.2) is 13.4 Å². The number of benzene rings is 1. The summed E-state index contributed by atoms with van der Waals surface area (Å²) in [6.07, 6.45) is 6.13. The molecule has 5 nitrogen and oxygen atoms in total. The van der Waals surface area contributed by atoms with E-state index in [0.29, 0.717) is 6.54 Å². The molecule has 1 aromatic heterocycles.